The quantitative estimate of drug-likeness (QED) is 0.581. The fourth-order valence-corrected chi connectivity index (χ4v) is 1.50. The van der Waals surface area contributed by atoms with Crippen LogP contribution in [0.3, 0.4) is 0 Å². The maximum absolute atomic E-state index is 11.4. The van der Waals surface area contributed by atoms with Gasteiger partial charge in [0.15, 0.2) is 0 Å². The minimum absolute atomic E-state index is 0.120. The number of anilines is 1. The number of unbranched alkanes of at least 4 members (excludes halogenated alkanes) is 1. The zero-order valence-corrected chi connectivity index (χ0v) is 10.9. The first-order valence-electron chi connectivity index (χ1n) is 5.27. The number of hydrogen-bond acceptors (Lipinski definition) is 2. The number of urea groups is 1. The van der Waals surface area contributed by atoms with Crippen LogP contribution in [0.25, 0.3) is 0 Å². The summed E-state index contributed by atoms with van der Waals surface area (Å²) in [5, 5.41) is 15.2. The number of aromatic hydroxyl groups is 1. The number of hydrogen-bond donors (Lipinski definition) is 3. The third kappa shape index (κ3) is 4.32. The summed E-state index contributed by atoms with van der Waals surface area (Å²) in [6.07, 6.45) is 1.90. The van der Waals surface area contributed by atoms with Gasteiger partial charge in [-0.1, -0.05) is 36.5 Å². The Hall–Kier alpha value is -1.13. The van der Waals surface area contributed by atoms with Gasteiger partial charge in [-0.05, 0) is 12.5 Å². The van der Waals surface area contributed by atoms with Crippen molar-refractivity contribution in [1.82, 2.24) is 5.32 Å². The van der Waals surface area contributed by atoms with Gasteiger partial charge in [0, 0.05) is 12.6 Å². The standard InChI is InChI=1S/C11H14Cl2N2O2/c1-2-3-4-14-11(17)15-9-5-7(12)8(13)6-10(9)16/h5-6,16H,2-4H2,1H3,(H2,14,15,17). The first kappa shape index (κ1) is 13.9. The summed E-state index contributed by atoms with van der Waals surface area (Å²) in [5.41, 5.74) is 0.230. The van der Waals surface area contributed by atoms with E-state index in [9.17, 15) is 9.90 Å². The van der Waals surface area contributed by atoms with E-state index >= 15 is 0 Å². The topological polar surface area (TPSA) is 61.4 Å². The van der Waals surface area contributed by atoms with E-state index in [0.29, 0.717) is 6.54 Å². The number of amides is 2. The summed E-state index contributed by atoms with van der Waals surface area (Å²) < 4.78 is 0. The minimum atomic E-state index is -0.382. The minimum Gasteiger partial charge on any atom is -0.506 e. The van der Waals surface area contributed by atoms with E-state index < -0.39 is 0 Å². The van der Waals surface area contributed by atoms with Gasteiger partial charge in [-0.2, -0.15) is 0 Å². The SMILES string of the molecule is CCCCNC(=O)Nc1cc(Cl)c(Cl)cc1O. The number of phenols is 1. The molecular weight excluding hydrogens is 263 g/mol. The second-order valence-corrected chi connectivity index (χ2v) is 4.33. The predicted molar refractivity (Wildman–Crippen MR) is 70.1 cm³/mol. The van der Waals surface area contributed by atoms with Gasteiger partial charge in [0.2, 0.25) is 0 Å². The summed E-state index contributed by atoms with van der Waals surface area (Å²) in [7, 11) is 0. The van der Waals surface area contributed by atoms with Crippen LogP contribution in [-0.2, 0) is 0 Å². The maximum Gasteiger partial charge on any atom is 0.319 e. The van der Waals surface area contributed by atoms with E-state index in [-0.39, 0.29) is 27.5 Å². The number of phenolic OH excluding ortho intramolecular Hbond substituents is 1. The summed E-state index contributed by atoms with van der Waals surface area (Å²) in [6.45, 7) is 2.62. The van der Waals surface area contributed by atoms with E-state index in [1.165, 1.54) is 12.1 Å². The maximum atomic E-state index is 11.4. The monoisotopic (exact) mass is 276 g/mol. The van der Waals surface area contributed by atoms with Crippen molar-refractivity contribution in [1.29, 1.82) is 0 Å². The Morgan fingerprint density at radius 1 is 1.35 bits per heavy atom. The molecule has 0 aromatic heterocycles. The van der Waals surface area contributed by atoms with Crippen molar-refractivity contribution in [2.24, 2.45) is 0 Å². The average molecular weight is 277 g/mol. The molecule has 1 aromatic rings. The van der Waals surface area contributed by atoms with E-state index in [1.807, 2.05) is 6.92 Å². The molecule has 17 heavy (non-hydrogen) atoms. The van der Waals surface area contributed by atoms with Gasteiger partial charge >= 0.3 is 6.03 Å². The molecule has 0 saturated carbocycles. The second-order valence-electron chi connectivity index (χ2n) is 3.52. The second kappa shape index (κ2) is 6.57. The molecule has 3 N–H and O–H groups in total. The van der Waals surface area contributed by atoms with Crippen LogP contribution >= 0.6 is 23.2 Å². The molecule has 0 unspecified atom stereocenters. The fourth-order valence-electron chi connectivity index (χ4n) is 1.18. The average Bonchev–Trinajstić information content (AvgIpc) is 2.26. The van der Waals surface area contributed by atoms with Crippen molar-refractivity contribution >= 4 is 34.9 Å². The normalized spacial score (nSPS) is 10.1. The lowest BCUT2D eigenvalue weighted by Crippen LogP contribution is -2.29. The fraction of sp³-hybridized carbons (Fsp3) is 0.364. The van der Waals surface area contributed by atoms with Crippen molar-refractivity contribution in [3.63, 3.8) is 0 Å². The summed E-state index contributed by atoms with van der Waals surface area (Å²) in [5.74, 6) is -0.120. The Kier molecular flexibility index (Phi) is 5.38. The highest BCUT2D eigenvalue weighted by Crippen LogP contribution is 2.33. The highest BCUT2D eigenvalue weighted by Gasteiger charge is 2.09. The lowest BCUT2D eigenvalue weighted by molar-refractivity contribution is 0.252. The van der Waals surface area contributed by atoms with Crippen LogP contribution in [0.1, 0.15) is 19.8 Å². The van der Waals surface area contributed by atoms with Crippen molar-refractivity contribution < 1.29 is 9.90 Å². The molecule has 0 aliphatic heterocycles. The Balaban J connectivity index is 2.62. The lowest BCUT2D eigenvalue weighted by atomic mass is 10.3. The molecule has 2 amide bonds. The van der Waals surface area contributed by atoms with Gasteiger partial charge in [0.05, 0.1) is 15.7 Å². The van der Waals surface area contributed by atoms with Crippen molar-refractivity contribution in [3.8, 4) is 5.75 Å². The Bertz CT molecular complexity index is 411. The predicted octanol–water partition coefficient (Wildman–Crippen LogP) is 3.62. The Morgan fingerprint density at radius 3 is 2.65 bits per heavy atom. The molecule has 0 fully saturated rings. The molecule has 0 heterocycles. The molecule has 4 nitrogen and oxygen atoms in total. The molecule has 94 valence electrons. The zero-order valence-electron chi connectivity index (χ0n) is 9.39. The highest BCUT2D eigenvalue weighted by atomic mass is 35.5. The van der Waals surface area contributed by atoms with E-state index in [4.69, 9.17) is 23.2 Å². The van der Waals surface area contributed by atoms with Gasteiger partial charge < -0.3 is 15.7 Å². The van der Waals surface area contributed by atoms with E-state index in [2.05, 4.69) is 10.6 Å². The Labute approximate surface area is 110 Å². The summed E-state index contributed by atoms with van der Waals surface area (Å²) in [6, 6.07) is 2.30. The molecule has 0 aliphatic rings. The third-order valence-corrected chi connectivity index (χ3v) is 2.82. The van der Waals surface area contributed by atoms with Gasteiger partial charge in [0.1, 0.15) is 5.75 Å². The lowest BCUT2D eigenvalue weighted by Gasteiger charge is -2.09. The van der Waals surface area contributed by atoms with Gasteiger partial charge in [0.25, 0.3) is 0 Å². The van der Waals surface area contributed by atoms with Crippen molar-refractivity contribution in [3.05, 3.63) is 22.2 Å². The number of rotatable bonds is 4. The van der Waals surface area contributed by atoms with Crippen LogP contribution in [-0.4, -0.2) is 17.7 Å². The largest absolute Gasteiger partial charge is 0.506 e. The van der Waals surface area contributed by atoms with Crippen molar-refractivity contribution in [2.75, 3.05) is 11.9 Å². The van der Waals surface area contributed by atoms with Crippen LogP contribution in [0.5, 0.6) is 5.75 Å². The molecule has 1 rings (SSSR count). The molecular formula is C11H14Cl2N2O2. The molecule has 0 atom stereocenters. The highest BCUT2D eigenvalue weighted by molar-refractivity contribution is 6.42. The van der Waals surface area contributed by atoms with Crippen LogP contribution in [0.4, 0.5) is 10.5 Å². The van der Waals surface area contributed by atoms with Crippen molar-refractivity contribution in [2.45, 2.75) is 19.8 Å². The van der Waals surface area contributed by atoms with Gasteiger partial charge in [-0.25, -0.2) is 4.79 Å². The smallest absolute Gasteiger partial charge is 0.319 e. The Morgan fingerprint density at radius 2 is 2.00 bits per heavy atom. The van der Waals surface area contributed by atoms with Gasteiger partial charge in [-0.15, -0.1) is 0 Å². The first-order chi connectivity index (χ1) is 8.04. The molecule has 0 spiro atoms. The molecule has 0 aliphatic carbocycles. The van der Waals surface area contributed by atoms with E-state index in [0.717, 1.165) is 12.8 Å². The first-order valence-corrected chi connectivity index (χ1v) is 6.03. The molecule has 0 saturated heterocycles. The van der Waals surface area contributed by atoms with Crippen LogP contribution < -0.4 is 10.6 Å². The molecule has 0 bridgehead atoms. The molecule has 6 heteroatoms. The number of carbonyl (C=O) groups is 1. The zero-order chi connectivity index (χ0) is 12.8. The summed E-state index contributed by atoms with van der Waals surface area (Å²) >= 11 is 11.5. The number of carbonyl (C=O) groups excluding carboxylic acids is 1. The van der Waals surface area contributed by atoms with Gasteiger partial charge in [-0.3, -0.25) is 0 Å². The molecule has 0 radical (unpaired) electrons. The number of nitrogens with one attached hydrogen (secondary N) is 2. The van der Waals surface area contributed by atoms with E-state index in [1.54, 1.807) is 0 Å². The third-order valence-electron chi connectivity index (χ3n) is 2.10. The van der Waals surface area contributed by atoms with Crippen LogP contribution in [0.15, 0.2) is 12.1 Å². The number of benzene rings is 1. The number of halogens is 2. The van der Waals surface area contributed by atoms with Crippen LogP contribution in [0.2, 0.25) is 10.0 Å². The van der Waals surface area contributed by atoms with Crippen LogP contribution in [0, 0.1) is 0 Å². The molecule has 1 aromatic carbocycles. The summed E-state index contributed by atoms with van der Waals surface area (Å²) in [4.78, 5) is 11.4.